The number of likely N-dealkylation sites (N-methyl/N-ethyl adjacent to an activating group) is 1. The molecule has 0 saturated carbocycles. The molecule has 2 amide bonds. The van der Waals surface area contributed by atoms with Gasteiger partial charge in [-0.3, -0.25) is 9.59 Å². The summed E-state index contributed by atoms with van der Waals surface area (Å²) in [5, 5.41) is 3.36. The zero-order valence-electron chi connectivity index (χ0n) is 16.0. The van der Waals surface area contributed by atoms with E-state index in [1.54, 1.807) is 18.2 Å². The van der Waals surface area contributed by atoms with Gasteiger partial charge in [-0.25, -0.2) is 0 Å². The van der Waals surface area contributed by atoms with Crippen LogP contribution >= 0.6 is 27.5 Å². The van der Waals surface area contributed by atoms with Crippen LogP contribution in [0, 0.1) is 0 Å². The number of rotatable bonds is 9. The molecule has 0 radical (unpaired) electrons. The number of amides is 2. The van der Waals surface area contributed by atoms with Crippen LogP contribution < -0.4 is 10.1 Å². The maximum atomic E-state index is 13.0. The lowest BCUT2D eigenvalue weighted by Crippen LogP contribution is -2.50. The molecule has 1 N–H and O–H groups in total. The van der Waals surface area contributed by atoms with E-state index in [0.29, 0.717) is 23.7 Å². The standard InChI is InChI=1S/C21H24BrClN2O3/c1-3-19(21(27)24-4-2)25(13-15-7-5-6-8-18(15)23)20(26)14-28-17-11-9-16(22)10-12-17/h5-12,19H,3-4,13-14H2,1-2H3,(H,24,27)/t19-/m0/s1. The fourth-order valence-corrected chi connectivity index (χ4v) is 3.24. The Labute approximate surface area is 179 Å². The zero-order chi connectivity index (χ0) is 20.5. The van der Waals surface area contributed by atoms with Gasteiger partial charge < -0.3 is 15.0 Å². The largest absolute Gasteiger partial charge is 0.484 e. The van der Waals surface area contributed by atoms with Crippen molar-refractivity contribution in [3.05, 3.63) is 63.6 Å². The Morgan fingerprint density at radius 1 is 1.14 bits per heavy atom. The van der Waals surface area contributed by atoms with Gasteiger partial charge in [0, 0.05) is 22.6 Å². The van der Waals surface area contributed by atoms with E-state index in [-0.39, 0.29) is 25.0 Å². The third-order valence-electron chi connectivity index (χ3n) is 4.21. The lowest BCUT2D eigenvalue weighted by Gasteiger charge is -2.30. The number of carbonyl (C=O) groups is 2. The second-order valence-electron chi connectivity index (χ2n) is 6.17. The molecule has 0 aliphatic rings. The van der Waals surface area contributed by atoms with Crippen molar-refractivity contribution in [1.29, 1.82) is 0 Å². The Kier molecular flexibility index (Phi) is 8.80. The summed E-state index contributed by atoms with van der Waals surface area (Å²) in [5.74, 6) is 0.121. The van der Waals surface area contributed by atoms with Crippen LogP contribution in [-0.4, -0.2) is 35.9 Å². The molecular formula is C21H24BrClN2O3. The molecule has 150 valence electrons. The molecule has 0 bridgehead atoms. The summed E-state index contributed by atoms with van der Waals surface area (Å²) in [4.78, 5) is 27.0. The van der Waals surface area contributed by atoms with Crippen LogP contribution in [0.15, 0.2) is 53.0 Å². The summed E-state index contributed by atoms with van der Waals surface area (Å²) in [6.07, 6.45) is 0.486. The second kappa shape index (κ2) is 11.1. The summed E-state index contributed by atoms with van der Waals surface area (Å²) in [6, 6.07) is 13.9. The number of nitrogens with one attached hydrogen (secondary N) is 1. The van der Waals surface area contributed by atoms with Crippen LogP contribution in [-0.2, 0) is 16.1 Å². The minimum Gasteiger partial charge on any atom is -0.484 e. The maximum Gasteiger partial charge on any atom is 0.261 e. The minimum absolute atomic E-state index is 0.165. The fraction of sp³-hybridized carbons (Fsp3) is 0.333. The van der Waals surface area contributed by atoms with Crippen molar-refractivity contribution in [2.24, 2.45) is 0 Å². The highest BCUT2D eigenvalue weighted by molar-refractivity contribution is 9.10. The van der Waals surface area contributed by atoms with E-state index in [4.69, 9.17) is 16.3 Å². The molecule has 5 nitrogen and oxygen atoms in total. The van der Waals surface area contributed by atoms with E-state index < -0.39 is 6.04 Å². The zero-order valence-corrected chi connectivity index (χ0v) is 18.3. The third kappa shape index (κ3) is 6.24. The molecule has 28 heavy (non-hydrogen) atoms. The van der Waals surface area contributed by atoms with E-state index in [0.717, 1.165) is 10.0 Å². The summed E-state index contributed by atoms with van der Waals surface area (Å²) >= 11 is 9.64. The number of ether oxygens (including phenoxy) is 1. The van der Waals surface area contributed by atoms with Gasteiger partial charge in [0.15, 0.2) is 6.61 Å². The van der Waals surface area contributed by atoms with Gasteiger partial charge in [-0.1, -0.05) is 52.7 Å². The van der Waals surface area contributed by atoms with Crippen molar-refractivity contribution in [1.82, 2.24) is 10.2 Å². The minimum atomic E-state index is -0.600. The van der Waals surface area contributed by atoms with Crippen molar-refractivity contribution in [3.63, 3.8) is 0 Å². The first kappa shape index (κ1) is 22.2. The molecule has 2 rings (SSSR count). The highest BCUT2D eigenvalue weighted by Gasteiger charge is 2.29. The number of hydrogen-bond donors (Lipinski definition) is 1. The van der Waals surface area contributed by atoms with Crippen molar-refractivity contribution in [2.45, 2.75) is 32.9 Å². The first-order valence-electron chi connectivity index (χ1n) is 9.15. The fourth-order valence-electron chi connectivity index (χ4n) is 2.78. The van der Waals surface area contributed by atoms with Crippen LogP contribution in [0.1, 0.15) is 25.8 Å². The second-order valence-corrected chi connectivity index (χ2v) is 7.50. The Balaban J connectivity index is 2.20. The third-order valence-corrected chi connectivity index (χ3v) is 5.11. The van der Waals surface area contributed by atoms with Gasteiger partial charge in [0.25, 0.3) is 5.91 Å². The molecule has 0 unspecified atom stereocenters. The summed E-state index contributed by atoms with van der Waals surface area (Å²) < 4.78 is 6.55. The van der Waals surface area contributed by atoms with Gasteiger partial charge in [0.2, 0.25) is 5.91 Å². The monoisotopic (exact) mass is 466 g/mol. The Hall–Kier alpha value is -2.05. The normalized spacial score (nSPS) is 11.6. The molecule has 0 aliphatic heterocycles. The van der Waals surface area contributed by atoms with Crippen molar-refractivity contribution in [3.8, 4) is 5.75 Å². The van der Waals surface area contributed by atoms with Crippen molar-refractivity contribution < 1.29 is 14.3 Å². The number of carbonyl (C=O) groups excluding carboxylic acids is 2. The molecule has 2 aromatic carbocycles. The molecule has 0 spiro atoms. The predicted octanol–water partition coefficient (Wildman–Crippen LogP) is 4.42. The smallest absolute Gasteiger partial charge is 0.261 e. The Morgan fingerprint density at radius 3 is 2.43 bits per heavy atom. The summed E-state index contributed by atoms with van der Waals surface area (Å²) in [5.41, 5.74) is 0.781. The first-order chi connectivity index (χ1) is 13.5. The highest BCUT2D eigenvalue weighted by atomic mass is 79.9. The van der Waals surface area contributed by atoms with E-state index in [2.05, 4.69) is 21.2 Å². The van der Waals surface area contributed by atoms with Crippen molar-refractivity contribution in [2.75, 3.05) is 13.2 Å². The molecular weight excluding hydrogens is 444 g/mol. The van der Waals surface area contributed by atoms with Gasteiger partial charge in [0.1, 0.15) is 11.8 Å². The summed E-state index contributed by atoms with van der Waals surface area (Å²) in [6.45, 7) is 4.29. The highest BCUT2D eigenvalue weighted by Crippen LogP contribution is 2.20. The molecule has 0 saturated heterocycles. The average Bonchev–Trinajstić information content (AvgIpc) is 2.69. The first-order valence-corrected chi connectivity index (χ1v) is 10.3. The van der Waals surface area contributed by atoms with Crippen molar-refractivity contribution >= 4 is 39.3 Å². The topological polar surface area (TPSA) is 58.6 Å². The van der Waals surface area contributed by atoms with Gasteiger partial charge >= 0.3 is 0 Å². The quantitative estimate of drug-likeness (QED) is 0.594. The molecule has 0 heterocycles. The number of halogens is 2. The van der Waals surface area contributed by atoms with Crippen LogP contribution in [0.4, 0.5) is 0 Å². The van der Waals surface area contributed by atoms with Crippen LogP contribution in [0.3, 0.4) is 0 Å². The van der Waals surface area contributed by atoms with E-state index in [1.165, 1.54) is 4.90 Å². The molecule has 0 fully saturated rings. The van der Waals surface area contributed by atoms with E-state index in [1.807, 2.05) is 44.2 Å². The molecule has 0 aromatic heterocycles. The Morgan fingerprint density at radius 2 is 1.82 bits per heavy atom. The van der Waals surface area contributed by atoms with Gasteiger partial charge in [-0.15, -0.1) is 0 Å². The molecule has 1 atom stereocenters. The molecule has 7 heteroatoms. The van der Waals surface area contributed by atoms with Crippen LogP contribution in [0.25, 0.3) is 0 Å². The molecule has 2 aromatic rings. The number of nitrogens with zero attached hydrogens (tertiary/aromatic N) is 1. The number of benzene rings is 2. The lowest BCUT2D eigenvalue weighted by molar-refractivity contribution is -0.142. The van der Waals surface area contributed by atoms with Crippen LogP contribution in [0.5, 0.6) is 5.75 Å². The van der Waals surface area contributed by atoms with Gasteiger partial charge in [-0.05, 0) is 49.2 Å². The average molecular weight is 468 g/mol. The van der Waals surface area contributed by atoms with E-state index >= 15 is 0 Å². The van der Waals surface area contributed by atoms with E-state index in [9.17, 15) is 9.59 Å². The predicted molar refractivity (Wildman–Crippen MR) is 114 cm³/mol. The summed E-state index contributed by atoms with van der Waals surface area (Å²) in [7, 11) is 0. The van der Waals surface area contributed by atoms with Crippen LogP contribution in [0.2, 0.25) is 5.02 Å². The SMILES string of the molecule is CCNC(=O)[C@H](CC)N(Cc1ccccc1Cl)C(=O)COc1ccc(Br)cc1. The lowest BCUT2D eigenvalue weighted by atomic mass is 10.1. The maximum absolute atomic E-state index is 13.0. The molecule has 0 aliphatic carbocycles. The Bertz CT molecular complexity index is 798. The van der Waals surface area contributed by atoms with Gasteiger partial charge in [-0.2, -0.15) is 0 Å². The van der Waals surface area contributed by atoms with Gasteiger partial charge in [0.05, 0.1) is 0 Å². The number of hydrogen-bond acceptors (Lipinski definition) is 3.